The summed E-state index contributed by atoms with van der Waals surface area (Å²) < 4.78 is 17.0. The van der Waals surface area contributed by atoms with E-state index in [0.717, 1.165) is 22.4 Å². The fraction of sp³-hybridized carbons (Fsp3) is 0.323. The second-order valence-corrected chi connectivity index (χ2v) is 9.54. The number of carbonyl (C=O) groups excluding carboxylic acids is 2. The summed E-state index contributed by atoms with van der Waals surface area (Å²) in [6, 6.07) is 16.0. The molecule has 9 heteroatoms. The van der Waals surface area contributed by atoms with Crippen LogP contribution in [0, 0.1) is 0 Å². The number of aryl methyl sites for hydroxylation is 1. The van der Waals surface area contributed by atoms with Crippen LogP contribution in [0.25, 0.3) is 11.1 Å². The Hall–Kier alpha value is -4.53. The first kappa shape index (κ1) is 28.5. The molecule has 1 atom stereocenters. The van der Waals surface area contributed by atoms with Crippen LogP contribution >= 0.6 is 0 Å². The molecule has 0 aliphatic heterocycles. The molecule has 1 aliphatic rings. The number of ether oxygens (including phenoxy) is 3. The maximum atomic E-state index is 13.4. The highest BCUT2D eigenvalue weighted by Crippen LogP contribution is 2.50. The molecule has 0 fully saturated rings. The fourth-order valence-electron chi connectivity index (χ4n) is 5.07. The Balaban J connectivity index is 1.65. The van der Waals surface area contributed by atoms with Gasteiger partial charge in [0, 0.05) is 31.1 Å². The molecule has 0 bridgehead atoms. The molecule has 0 aromatic heterocycles. The van der Waals surface area contributed by atoms with Crippen molar-refractivity contribution in [3.05, 3.63) is 75.9 Å². The van der Waals surface area contributed by atoms with Crippen molar-refractivity contribution < 1.29 is 23.8 Å². The molecule has 1 unspecified atom stereocenters. The van der Waals surface area contributed by atoms with E-state index in [4.69, 9.17) is 14.2 Å². The van der Waals surface area contributed by atoms with Crippen LogP contribution < -0.4 is 35.6 Å². The number of methoxy groups -OCH3 is 3. The van der Waals surface area contributed by atoms with Crippen molar-refractivity contribution in [2.75, 3.05) is 38.5 Å². The highest BCUT2D eigenvalue weighted by molar-refractivity contribution is 5.90. The van der Waals surface area contributed by atoms with E-state index < -0.39 is 0 Å². The lowest BCUT2D eigenvalue weighted by Crippen LogP contribution is -2.26. The molecule has 0 spiro atoms. The van der Waals surface area contributed by atoms with Gasteiger partial charge < -0.3 is 30.2 Å². The normalized spacial score (nSPS) is 13.7. The zero-order valence-electron chi connectivity index (χ0n) is 23.3. The lowest BCUT2D eigenvalue weighted by atomic mass is 9.95. The molecule has 0 radical (unpaired) electrons. The molecule has 40 heavy (non-hydrogen) atoms. The molecule has 4 rings (SSSR count). The zero-order chi connectivity index (χ0) is 28.6. The van der Waals surface area contributed by atoms with E-state index in [1.165, 1.54) is 6.92 Å². The van der Waals surface area contributed by atoms with Crippen LogP contribution in [0.3, 0.4) is 0 Å². The molecule has 210 valence electrons. The van der Waals surface area contributed by atoms with Crippen LogP contribution in [0.5, 0.6) is 17.2 Å². The van der Waals surface area contributed by atoms with E-state index in [0.29, 0.717) is 60.7 Å². The minimum atomic E-state index is -0.378. The van der Waals surface area contributed by atoms with Crippen molar-refractivity contribution in [3.63, 3.8) is 0 Å². The van der Waals surface area contributed by atoms with Gasteiger partial charge in [-0.15, -0.1) is 0 Å². The van der Waals surface area contributed by atoms with E-state index in [2.05, 4.69) is 16.0 Å². The second-order valence-electron chi connectivity index (χ2n) is 9.54. The highest BCUT2D eigenvalue weighted by Gasteiger charge is 2.29. The number of rotatable bonds is 10. The van der Waals surface area contributed by atoms with Gasteiger partial charge in [-0.1, -0.05) is 24.3 Å². The van der Waals surface area contributed by atoms with Gasteiger partial charge in [-0.3, -0.25) is 14.4 Å². The predicted octanol–water partition coefficient (Wildman–Crippen LogP) is 4.69. The van der Waals surface area contributed by atoms with Crippen LogP contribution in [0.15, 0.2) is 59.4 Å². The van der Waals surface area contributed by atoms with Gasteiger partial charge in [-0.2, -0.15) is 0 Å². The van der Waals surface area contributed by atoms with Gasteiger partial charge in [0.05, 0.1) is 33.1 Å². The van der Waals surface area contributed by atoms with Crippen LogP contribution in [0.2, 0.25) is 0 Å². The standard InChI is InChI=1S/C31H35N3O6/c1-19(35)33-24-14-12-20-17-27(38-2)30(39-3)31(40-4)29(20)22-13-15-25(26(36)18-23(22)24)32-16-8-11-28(37)34-21-9-6-5-7-10-21/h5-7,9-10,13,15,17-18,24H,8,11-12,14,16H2,1-4H3,(H,32,36)(H,33,35)(H,34,37). The number of benzene rings is 2. The molecule has 0 heterocycles. The molecule has 0 saturated heterocycles. The number of amides is 2. The number of para-hydroxylation sites is 1. The first-order valence-corrected chi connectivity index (χ1v) is 13.2. The summed E-state index contributed by atoms with van der Waals surface area (Å²) in [5.41, 5.74) is 4.14. The summed E-state index contributed by atoms with van der Waals surface area (Å²) >= 11 is 0. The van der Waals surface area contributed by atoms with Crippen molar-refractivity contribution >= 4 is 23.2 Å². The molecule has 2 amide bonds. The fourth-order valence-corrected chi connectivity index (χ4v) is 5.07. The maximum Gasteiger partial charge on any atom is 0.224 e. The molecule has 1 aliphatic carbocycles. The van der Waals surface area contributed by atoms with Gasteiger partial charge in [0.1, 0.15) is 0 Å². The third-order valence-corrected chi connectivity index (χ3v) is 6.87. The smallest absolute Gasteiger partial charge is 0.224 e. The topological polar surface area (TPSA) is 115 Å². The summed E-state index contributed by atoms with van der Waals surface area (Å²) in [5, 5.41) is 9.05. The van der Waals surface area contributed by atoms with Crippen molar-refractivity contribution in [1.82, 2.24) is 5.32 Å². The largest absolute Gasteiger partial charge is 0.493 e. The molecular formula is C31H35N3O6. The number of nitrogens with one attached hydrogen (secondary N) is 3. The average molecular weight is 546 g/mol. The van der Waals surface area contributed by atoms with E-state index in [9.17, 15) is 14.4 Å². The number of anilines is 2. The minimum Gasteiger partial charge on any atom is -0.493 e. The lowest BCUT2D eigenvalue weighted by molar-refractivity contribution is -0.119. The van der Waals surface area contributed by atoms with E-state index in [1.807, 2.05) is 42.5 Å². The first-order chi connectivity index (χ1) is 19.4. The average Bonchev–Trinajstić information content (AvgIpc) is 3.19. The Labute approximate surface area is 233 Å². The summed E-state index contributed by atoms with van der Waals surface area (Å²) in [6.07, 6.45) is 2.06. The SMILES string of the molecule is COc1cc2c(c(OC)c1OC)-c1ccc(NCCCC(=O)Nc3ccccc3)c(=O)cc1C(NC(C)=O)CC2. The third-order valence-electron chi connectivity index (χ3n) is 6.87. The highest BCUT2D eigenvalue weighted by atomic mass is 16.5. The van der Waals surface area contributed by atoms with Gasteiger partial charge in [-0.25, -0.2) is 0 Å². The van der Waals surface area contributed by atoms with Crippen LogP contribution in [0.1, 0.15) is 43.4 Å². The van der Waals surface area contributed by atoms with Gasteiger partial charge >= 0.3 is 0 Å². The molecule has 3 aromatic rings. The Morgan fingerprint density at radius 1 is 0.950 bits per heavy atom. The van der Waals surface area contributed by atoms with Gasteiger partial charge in [-0.05, 0) is 66.3 Å². The lowest BCUT2D eigenvalue weighted by Gasteiger charge is -2.19. The van der Waals surface area contributed by atoms with Gasteiger partial charge in [0.25, 0.3) is 0 Å². The van der Waals surface area contributed by atoms with Crippen LogP contribution in [0.4, 0.5) is 11.4 Å². The molecule has 3 aromatic carbocycles. The van der Waals surface area contributed by atoms with Crippen molar-refractivity contribution in [2.24, 2.45) is 0 Å². The Morgan fingerprint density at radius 2 is 1.70 bits per heavy atom. The number of fused-ring (bicyclic) bond motifs is 3. The number of hydrogen-bond donors (Lipinski definition) is 3. The third kappa shape index (κ3) is 6.36. The van der Waals surface area contributed by atoms with E-state index in [1.54, 1.807) is 33.5 Å². The zero-order valence-corrected chi connectivity index (χ0v) is 23.3. The van der Waals surface area contributed by atoms with Gasteiger partial charge in [0.15, 0.2) is 11.5 Å². The first-order valence-electron chi connectivity index (χ1n) is 13.2. The molecular weight excluding hydrogens is 510 g/mol. The summed E-state index contributed by atoms with van der Waals surface area (Å²) in [5.74, 6) is 1.22. The summed E-state index contributed by atoms with van der Waals surface area (Å²) in [4.78, 5) is 37.8. The van der Waals surface area contributed by atoms with Crippen molar-refractivity contribution in [2.45, 2.75) is 38.6 Å². The molecule has 3 N–H and O–H groups in total. The number of hydrogen-bond acceptors (Lipinski definition) is 7. The molecule has 0 saturated carbocycles. The minimum absolute atomic E-state index is 0.0908. The van der Waals surface area contributed by atoms with Crippen LogP contribution in [-0.4, -0.2) is 39.7 Å². The van der Waals surface area contributed by atoms with Crippen molar-refractivity contribution in [3.8, 4) is 28.4 Å². The molecule has 9 nitrogen and oxygen atoms in total. The van der Waals surface area contributed by atoms with E-state index >= 15 is 0 Å². The quantitative estimate of drug-likeness (QED) is 0.317. The van der Waals surface area contributed by atoms with Crippen molar-refractivity contribution in [1.29, 1.82) is 0 Å². The second kappa shape index (κ2) is 13.0. The summed E-state index contributed by atoms with van der Waals surface area (Å²) in [7, 11) is 4.69. The predicted molar refractivity (Wildman–Crippen MR) is 155 cm³/mol. The van der Waals surface area contributed by atoms with Gasteiger partial charge in [0.2, 0.25) is 23.0 Å². The monoisotopic (exact) mass is 545 g/mol. The van der Waals surface area contributed by atoms with Crippen LogP contribution in [-0.2, 0) is 16.0 Å². The van der Waals surface area contributed by atoms with E-state index in [-0.39, 0.29) is 23.3 Å². The Kier molecular flexibility index (Phi) is 9.27. The Morgan fingerprint density at radius 3 is 2.38 bits per heavy atom. The summed E-state index contributed by atoms with van der Waals surface area (Å²) in [6.45, 7) is 1.90. The Bertz CT molecular complexity index is 1440. The maximum absolute atomic E-state index is 13.4. The number of carbonyl (C=O) groups is 2.